The highest BCUT2D eigenvalue weighted by molar-refractivity contribution is 6.31. The molecule has 2 amide bonds. The van der Waals surface area contributed by atoms with E-state index < -0.39 is 0 Å². The van der Waals surface area contributed by atoms with Crippen LogP contribution in [0.3, 0.4) is 0 Å². The Morgan fingerprint density at radius 3 is 2.48 bits per heavy atom. The smallest absolute Gasteiger partial charge is 0.224 e. The zero-order valence-corrected chi connectivity index (χ0v) is 13.9. The second kappa shape index (κ2) is 7.35. The Balaban J connectivity index is 1.43. The molecule has 2 saturated carbocycles. The van der Waals surface area contributed by atoms with Crippen LogP contribution >= 0.6 is 11.6 Å². The number of hydrogen-bond donors (Lipinski definition) is 2. The summed E-state index contributed by atoms with van der Waals surface area (Å²) in [6, 6.07) is 7.76. The fourth-order valence-corrected chi connectivity index (χ4v) is 3.49. The van der Waals surface area contributed by atoms with Crippen molar-refractivity contribution >= 4 is 23.4 Å². The average Bonchev–Trinajstić information content (AvgIpc) is 3.36. The van der Waals surface area contributed by atoms with Crippen molar-refractivity contribution < 1.29 is 9.59 Å². The third-order valence-corrected chi connectivity index (χ3v) is 5.20. The molecule has 0 heterocycles. The monoisotopic (exact) mass is 334 g/mol. The van der Waals surface area contributed by atoms with E-state index in [1.165, 1.54) is 19.3 Å². The fraction of sp³-hybridized carbons (Fsp3) is 0.556. The van der Waals surface area contributed by atoms with Crippen LogP contribution in [0.2, 0.25) is 5.02 Å². The maximum absolute atomic E-state index is 12.2. The van der Waals surface area contributed by atoms with Gasteiger partial charge in [0.2, 0.25) is 11.8 Å². The molecule has 2 unspecified atom stereocenters. The number of amides is 2. The molecule has 2 aliphatic rings. The largest absolute Gasteiger partial charge is 0.353 e. The summed E-state index contributed by atoms with van der Waals surface area (Å²) in [4.78, 5) is 24.4. The lowest BCUT2D eigenvalue weighted by atomic mass is 9.95. The van der Waals surface area contributed by atoms with Gasteiger partial charge in [0.25, 0.3) is 0 Å². The molecule has 0 bridgehead atoms. The molecule has 1 aromatic carbocycles. The van der Waals surface area contributed by atoms with Crippen molar-refractivity contribution in [3.05, 3.63) is 34.9 Å². The Hall–Kier alpha value is -1.55. The summed E-state index contributed by atoms with van der Waals surface area (Å²) < 4.78 is 0. The van der Waals surface area contributed by atoms with E-state index >= 15 is 0 Å². The second-order valence-electron chi connectivity index (χ2n) is 6.60. The van der Waals surface area contributed by atoms with Gasteiger partial charge in [0.1, 0.15) is 0 Å². The van der Waals surface area contributed by atoms with Gasteiger partial charge >= 0.3 is 0 Å². The van der Waals surface area contributed by atoms with Crippen LogP contribution < -0.4 is 10.6 Å². The van der Waals surface area contributed by atoms with E-state index in [9.17, 15) is 9.59 Å². The van der Waals surface area contributed by atoms with Crippen LogP contribution in [-0.4, -0.2) is 17.9 Å². The summed E-state index contributed by atoms with van der Waals surface area (Å²) in [7, 11) is 0. The summed E-state index contributed by atoms with van der Waals surface area (Å²) in [6.07, 6.45) is 6.45. The summed E-state index contributed by atoms with van der Waals surface area (Å²) in [6.45, 7) is 0.409. The minimum Gasteiger partial charge on any atom is -0.353 e. The molecule has 124 valence electrons. The number of carbonyl (C=O) groups is 2. The topological polar surface area (TPSA) is 58.2 Å². The molecule has 0 spiro atoms. The van der Waals surface area contributed by atoms with E-state index in [-0.39, 0.29) is 23.7 Å². The Morgan fingerprint density at radius 2 is 1.74 bits per heavy atom. The molecule has 0 aromatic heterocycles. The SMILES string of the molecule is O=C(NCc1ccccc1Cl)C1CC1C(=O)NC1CCCCC1. The lowest BCUT2D eigenvalue weighted by molar-refractivity contribution is -0.127. The van der Waals surface area contributed by atoms with Crippen molar-refractivity contribution in [3.63, 3.8) is 0 Å². The zero-order chi connectivity index (χ0) is 16.2. The third kappa shape index (κ3) is 4.25. The van der Waals surface area contributed by atoms with Gasteiger partial charge in [0.15, 0.2) is 0 Å². The van der Waals surface area contributed by atoms with E-state index in [2.05, 4.69) is 10.6 Å². The van der Waals surface area contributed by atoms with Crippen LogP contribution in [0.1, 0.15) is 44.1 Å². The van der Waals surface area contributed by atoms with Crippen molar-refractivity contribution in [1.82, 2.24) is 10.6 Å². The van der Waals surface area contributed by atoms with Crippen LogP contribution in [0, 0.1) is 11.8 Å². The number of hydrogen-bond acceptors (Lipinski definition) is 2. The van der Waals surface area contributed by atoms with E-state index in [1.54, 1.807) is 6.07 Å². The molecule has 23 heavy (non-hydrogen) atoms. The van der Waals surface area contributed by atoms with Gasteiger partial charge < -0.3 is 10.6 Å². The molecule has 2 fully saturated rings. The van der Waals surface area contributed by atoms with Gasteiger partial charge in [-0.05, 0) is 30.9 Å². The number of halogens is 1. The van der Waals surface area contributed by atoms with E-state index in [4.69, 9.17) is 11.6 Å². The number of rotatable bonds is 5. The maximum atomic E-state index is 12.2. The molecule has 5 heteroatoms. The first kappa shape index (κ1) is 16.3. The minimum atomic E-state index is -0.180. The van der Waals surface area contributed by atoms with Gasteiger partial charge in [-0.1, -0.05) is 49.1 Å². The van der Waals surface area contributed by atoms with Crippen molar-refractivity contribution in [3.8, 4) is 0 Å². The first-order chi connectivity index (χ1) is 11.1. The number of carbonyl (C=O) groups excluding carboxylic acids is 2. The van der Waals surface area contributed by atoms with Crippen molar-refractivity contribution in [1.29, 1.82) is 0 Å². The third-order valence-electron chi connectivity index (χ3n) is 4.83. The Labute approximate surface area is 142 Å². The molecular weight excluding hydrogens is 312 g/mol. The molecule has 2 atom stereocenters. The van der Waals surface area contributed by atoms with Crippen LogP contribution in [0.15, 0.2) is 24.3 Å². The standard InChI is InChI=1S/C18H23ClN2O2/c19-16-9-5-4-6-12(16)11-20-17(22)14-10-15(14)18(23)21-13-7-2-1-3-8-13/h4-6,9,13-15H,1-3,7-8,10-11H2,(H,20,22)(H,21,23). The molecule has 2 N–H and O–H groups in total. The van der Waals surface area contributed by atoms with Gasteiger partial charge in [0.05, 0.1) is 11.8 Å². The highest BCUT2D eigenvalue weighted by atomic mass is 35.5. The van der Waals surface area contributed by atoms with Gasteiger partial charge in [0, 0.05) is 17.6 Å². The van der Waals surface area contributed by atoms with Gasteiger partial charge in [-0.15, -0.1) is 0 Å². The van der Waals surface area contributed by atoms with E-state index in [0.29, 0.717) is 24.0 Å². The lowest BCUT2D eigenvalue weighted by Crippen LogP contribution is -2.38. The molecule has 0 aliphatic heterocycles. The second-order valence-corrected chi connectivity index (χ2v) is 7.01. The zero-order valence-electron chi connectivity index (χ0n) is 13.2. The first-order valence-electron chi connectivity index (χ1n) is 8.46. The molecule has 0 saturated heterocycles. The van der Waals surface area contributed by atoms with Gasteiger partial charge in [-0.2, -0.15) is 0 Å². The maximum Gasteiger partial charge on any atom is 0.224 e. The van der Waals surface area contributed by atoms with Gasteiger partial charge in [-0.25, -0.2) is 0 Å². The fourth-order valence-electron chi connectivity index (χ4n) is 3.28. The first-order valence-corrected chi connectivity index (χ1v) is 8.84. The summed E-state index contributed by atoms with van der Waals surface area (Å²) in [5.41, 5.74) is 0.895. The Morgan fingerprint density at radius 1 is 1.04 bits per heavy atom. The molecule has 1 aromatic rings. The molecule has 0 radical (unpaired) electrons. The normalized spacial score (nSPS) is 24.0. The summed E-state index contributed by atoms with van der Waals surface area (Å²) in [5, 5.41) is 6.64. The van der Waals surface area contributed by atoms with E-state index in [1.807, 2.05) is 18.2 Å². The highest BCUT2D eigenvalue weighted by Gasteiger charge is 2.48. The minimum absolute atomic E-state index is 0.0475. The van der Waals surface area contributed by atoms with Crippen LogP contribution in [-0.2, 0) is 16.1 Å². The quantitative estimate of drug-likeness (QED) is 0.869. The van der Waals surface area contributed by atoms with E-state index in [0.717, 1.165) is 18.4 Å². The lowest BCUT2D eigenvalue weighted by Gasteiger charge is -2.22. The predicted molar refractivity (Wildman–Crippen MR) is 89.9 cm³/mol. The van der Waals surface area contributed by atoms with Crippen LogP contribution in [0.4, 0.5) is 0 Å². The van der Waals surface area contributed by atoms with Crippen LogP contribution in [0.5, 0.6) is 0 Å². The van der Waals surface area contributed by atoms with Crippen LogP contribution in [0.25, 0.3) is 0 Å². The molecular formula is C18H23ClN2O2. The Kier molecular flexibility index (Phi) is 5.21. The van der Waals surface area contributed by atoms with Gasteiger partial charge in [-0.3, -0.25) is 9.59 Å². The summed E-state index contributed by atoms with van der Waals surface area (Å²) >= 11 is 6.08. The van der Waals surface area contributed by atoms with Crippen molar-refractivity contribution in [2.75, 3.05) is 0 Å². The number of benzene rings is 1. The average molecular weight is 335 g/mol. The molecule has 4 nitrogen and oxygen atoms in total. The van der Waals surface area contributed by atoms with Crippen molar-refractivity contribution in [2.24, 2.45) is 11.8 Å². The predicted octanol–water partition coefficient (Wildman–Crippen LogP) is 3.04. The summed E-state index contributed by atoms with van der Waals surface area (Å²) in [5.74, 6) is -0.326. The highest BCUT2D eigenvalue weighted by Crippen LogP contribution is 2.39. The molecule has 2 aliphatic carbocycles. The number of nitrogens with one attached hydrogen (secondary N) is 2. The Bertz CT molecular complexity index is 584. The molecule has 3 rings (SSSR count). The van der Waals surface area contributed by atoms with Crippen molar-refractivity contribution in [2.45, 2.75) is 51.1 Å².